The highest BCUT2D eigenvalue weighted by atomic mass is 35.5. The molecule has 0 aromatic carbocycles. The molecule has 88 valence electrons. The van der Waals surface area contributed by atoms with Gasteiger partial charge in [-0.15, -0.1) is 24.8 Å². The first-order chi connectivity index (χ1) is 6.31. The molecule has 1 aliphatic heterocycles. The molecule has 15 heavy (non-hydrogen) atoms. The van der Waals surface area contributed by atoms with Gasteiger partial charge in [0, 0.05) is 12.5 Å². The van der Waals surface area contributed by atoms with E-state index in [4.69, 9.17) is 10.5 Å². The van der Waals surface area contributed by atoms with Crippen molar-refractivity contribution in [1.29, 1.82) is 0 Å². The molecule has 0 saturated carbocycles. The monoisotopic (exact) mass is 254 g/mol. The molecule has 1 aromatic rings. The Hall–Kier alpha value is -0.360. The van der Waals surface area contributed by atoms with Crippen molar-refractivity contribution in [3.8, 4) is 0 Å². The molecule has 2 atom stereocenters. The Balaban J connectivity index is 0.000000980. The van der Waals surface area contributed by atoms with E-state index in [9.17, 15) is 0 Å². The van der Waals surface area contributed by atoms with Gasteiger partial charge in [-0.2, -0.15) is 5.10 Å². The van der Waals surface area contributed by atoms with Crippen LogP contribution in [-0.2, 0) is 4.74 Å². The molecule has 1 aliphatic rings. The maximum Gasteiger partial charge on any atom is 0.179 e. The highest BCUT2D eigenvalue weighted by Crippen LogP contribution is 2.31. The van der Waals surface area contributed by atoms with Crippen LogP contribution in [0.15, 0.2) is 0 Å². The van der Waals surface area contributed by atoms with E-state index in [-0.39, 0.29) is 30.9 Å². The van der Waals surface area contributed by atoms with Gasteiger partial charge in [0.1, 0.15) is 11.9 Å². The van der Waals surface area contributed by atoms with Gasteiger partial charge in [-0.1, -0.05) is 0 Å². The van der Waals surface area contributed by atoms with Gasteiger partial charge >= 0.3 is 0 Å². The molecule has 1 saturated heterocycles. The number of nitrogens with zero attached hydrogens (tertiary/aromatic N) is 2. The van der Waals surface area contributed by atoms with Crippen LogP contribution in [-0.4, -0.2) is 28.3 Å². The molecule has 2 unspecified atom stereocenters. The molecule has 1 aromatic heterocycles. The minimum Gasteiger partial charge on any atom is -0.370 e. The van der Waals surface area contributed by atoms with Crippen molar-refractivity contribution >= 4 is 24.8 Å². The quantitative estimate of drug-likeness (QED) is 0.826. The summed E-state index contributed by atoms with van der Waals surface area (Å²) in [6, 6.07) is 0. The number of aryl methyl sites for hydroxylation is 1. The summed E-state index contributed by atoms with van der Waals surface area (Å²) in [5, 5.41) is 6.89. The molecule has 2 heterocycles. The molecule has 0 bridgehead atoms. The molecule has 2 rings (SSSR count). The van der Waals surface area contributed by atoms with Gasteiger partial charge in [0.2, 0.25) is 0 Å². The summed E-state index contributed by atoms with van der Waals surface area (Å²) in [6.45, 7) is 3.28. The first kappa shape index (κ1) is 14.6. The summed E-state index contributed by atoms with van der Waals surface area (Å²) < 4.78 is 5.53. The number of hydrogen-bond acceptors (Lipinski definition) is 4. The van der Waals surface area contributed by atoms with Crippen molar-refractivity contribution in [3.63, 3.8) is 0 Å². The number of halogens is 2. The molecule has 0 radical (unpaired) electrons. The third kappa shape index (κ3) is 3.04. The third-order valence-electron chi connectivity index (χ3n) is 2.39. The van der Waals surface area contributed by atoms with E-state index in [0.717, 1.165) is 24.7 Å². The fourth-order valence-electron chi connectivity index (χ4n) is 1.65. The Labute approximate surface area is 101 Å². The normalized spacial score (nSPS) is 24.4. The second-order valence-electron chi connectivity index (χ2n) is 3.35. The van der Waals surface area contributed by atoms with Gasteiger partial charge in [0.25, 0.3) is 0 Å². The van der Waals surface area contributed by atoms with E-state index in [1.807, 2.05) is 6.92 Å². The van der Waals surface area contributed by atoms with Crippen LogP contribution in [0.4, 0.5) is 0 Å². The Morgan fingerprint density at radius 1 is 1.53 bits per heavy atom. The van der Waals surface area contributed by atoms with Crippen LogP contribution < -0.4 is 5.73 Å². The molecule has 0 aliphatic carbocycles. The average molecular weight is 255 g/mol. The average Bonchev–Trinajstić information content (AvgIpc) is 2.71. The zero-order valence-corrected chi connectivity index (χ0v) is 10.1. The number of H-pyrrole nitrogens is 1. The fourth-order valence-corrected chi connectivity index (χ4v) is 1.65. The van der Waals surface area contributed by atoms with Crippen molar-refractivity contribution in [2.24, 2.45) is 11.7 Å². The van der Waals surface area contributed by atoms with Crippen molar-refractivity contribution in [2.45, 2.75) is 19.4 Å². The highest BCUT2D eigenvalue weighted by molar-refractivity contribution is 5.85. The summed E-state index contributed by atoms with van der Waals surface area (Å²) >= 11 is 0. The Bertz CT molecular complexity index is 294. The van der Waals surface area contributed by atoms with Crippen molar-refractivity contribution < 1.29 is 4.74 Å². The van der Waals surface area contributed by atoms with E-state index >= 15 is 0 Å². The summed E-state index contributed by atoms with van der Waals surface area (Å²) in [6.07, 6.45) is 1.00. The summed E-state index contributed by atoms with van der Waals surface area (Å²) in [5.41, 5.74) is 5.62. The minimum atomic E-state index is -0.00468. The third-order valence-corrected chi connectivity index (χ3v) is 2.39. The smallest absolute Gasteiger partial charge is 0.179 e. The lowest BCUT2D eigenvalue weighted by atomic mass is 10.0. The Morgan fingerprint density at radius 3 is 2.80 bits per heavy atom. The predicted molar refractivity (Wildman–Crippen MR) is 61.5 cm³/mol. The summed E-state index contributed by atoms with van der Waals surface area (Å²) in [5.74, 6) is 1.93. The molecular formula is C8H16Cl2N4O. The highest BCUT2D eigenvalue weighted by Gasteiger charge is 2.31. The van der Waals surface area contributed by atoms with Crippen LogP contribution in [0.25, 0.3) is 0 Å². The molecule has 0 spiro atoms. The van der Waals surface area contributed by atoms with Crippen LogP contribution in [0, 0.1) is 12.8 Å². The molecule has 0 amide bonds. The maximum atomic E-state index is 5.62. The molecule has 1 fully saturated rings. The van der Waals surface area contributed by atoms with Gasteiger partial charge in [-0.05, 0) is 19.9 Å². The van der Waals surface area contributed by atoms with Gasteiger partial charge in [-0.3, -0.25) is 5.10 Å². The van der Waals surface area contributed by atoms with Crippen molar-refractivity contribution in [1.82, 2.24) is 15.2 Å². The van der Waals surface area contributed by atoms with Crippen LogP contribution in [0.2, 0.25) is 0 Å². The standard InChI is InChI=1S/C8H14N4O.2ClH/c1-5-10-8(12-11-5)7-6(4-9)2-3-13-7;;/h6-7H,2-4,9H2,1H3,(H,10,11,12);2*1H. The first-order valence-corrected chi connectivity index (χ1v) is 4.52. The van der Waals surface area contributed by atoms with E-state index in [2.05, 4.69) is 15.2 Å². The molecule has 7 heteroatoms. The lowest BCUT2D eigenvalue weighted by Crippen LogP contribution is -2.18. The zero-order valence-electron chi connectivity index (χ0n) is 8.47. The van der Waals surface area contributed by atoms with Gasteiger partial charge in [0.05, 0.1) is 0 Å². The van der Waals surface area contributed by atoms with Gasteiger partial charge < -0.3 is 10.5 Å². The molecule has 5 nitrogen and oxygen atoms in total. The largest absolute Gasteiger partial charge is 0.370 e. The minimum absolute atomic E-state index is 0. The SMILES string of the molecule is Cc1nc(C2OCCC2CN)n[nH]1.Cl.Cl. The second kappa shape index (κ2) is 6.27. The fraction of sp³-hybridized carbons (Fsp3) is 0.750. The van der Waals surface area contributed by atoms with Crippen LogP contribution >= 0.6 is 24.8 Å². The predicted octanol–water partition coefficient (Wildman–Crippen LogP) is 0.993. The number of aromatic nitrogens is 3. The number of nitrogens with two attached hydrogens (primary N) is 1. The van der Waals surface area contributed by atoms with Crippen LogP contribution in [0.5, 0.6) is 0 Å². The maximum absolute atomic E-state index is 5.62. The molecule has 3 N–H and O–H groups in total. The van der Waals surface area contributed by atoms with E-state index in [0.29, 0.717) is 12.5 Å². The Kier molecular flexibility index (Phi) is 6.12. The van der Waals surface area contributed by atoms with Gasteiger partial charge in [-0.25, -0.2) is 4.98 Å². The molecular weight excluding hydrogens is 239 g/mol. The lowest BCUT2D eigenvalue weighted by Gasteiger charge is -2.12. The number of rotatable bonds is 2. The topological polar surface area (TPSA) is 76.8 Å². The number of hydrogen-bond donors (Lipinski definition) is 2. The van der Waals surface area contributed by atoms with Crippen molar-refractivity contribution in [3.05, 3.63) is 11.6 Å². The summed E-state index contributed by atoms with van der Waals surface area (Å²) in [7, 11) is 0. The number of aromatic amines is 1. The lowest BCUT2D eigenvalue weighted by molar-refractivity contribution is 0.0855. The van der Waals surface area contributed by atoms with Crippen LogP contribution in [0.1, 0.15) is 24.2 Å². The number of ether oxygens (including phenoxy) is 1. The first-order valence-electron chi connectivity index (χ1n) is 4.52. The zero-order chi connectivity index (χ0) is 9.26. The van der Waals surface area contributed by atoms with Crippen LogP contribution in [0.3, 0.4) is 0 Å². The van der Waals surface area contributed by atoms with Crippen molar-refractivity contribution in [2.75, 3.05) is 13.2 Å². The van der Waals surface area contributed by atoms with E-state index in [1.54, 1.807) is 0 Å². The second-order valence-corrected chi connectivity index (χ2v) is 3.35. The summed E-state index contributed by atoms with van der Waals surface area (Å²) in [4.78, 5) is 4.24. The number of nitrogens with one attached hydrogen (secondary N) is 1. The van der Waals surface area contributed by atoms with E-state index in [1.165, 1.54) is 0 Å². The van der Waals surface area contributed by atoms with E-state index < -0.39 is 0 Å². The Morgan fingerprint density at radius 2 is 2.27 bits per heavy atom. The van der Waals surface area contributed by atoms with Gasteiger partial charge in [0.15, 0.2) is 5.82 Å².